The molecule has 1 aliphatic carbocycles. The molecular formula is C28H35N9. The molecule has 2 aromatic heterocycles. The second-order valence-electron chi connectivity index (χ2n) is 10.2. The standard InChI is InChI=1S/C28H35N9/c1-36-16-12-24(13-17-36)33-27(30)21-6-8-23(9-7-21)34-28-31-15-11-25(35-28)22-18-32-37(19-22)26(10-14-29)20-4-2-3-5-20/h6-9,11,15,18-20,24,26H,2-5,10,12-13,16-17H2,1H3,(H2,30,33)(H,31,34,35). The number of amidine groups is 1. The minimum atomic E-state index is 0.120. The van der Waals surface area contributed by atoms with Crippen LogP contribution in [-0.2, 0) is 0 Å². The van der Waals surface area contributed by atoms with Crippen molar-refractivity contribution in [1.29, 1.82) is 5.26 Å². The maximum Gasteiger partial charge on any atom is 0.227 e. The molecule has 1 saturated carbocycles. The summed E-state index contributed by atoms with van der Waals surface area (Å²) >= 11 is 0. The lowest BCUT2D eigenvalue weighted by molar-refractivity contribution is 0.257. The number of nitrogens with two attached hydrogens (primary N) is 1. The molecule has 3 heterocycles. The van der Waals surface area contributed by atoms with E-state index in [1.807, 2.05) is 47.4 Å². The first-order valence-electron chi connectivity index (χ1n) is 13.2. The molecule has 0 amide bonds. The predicted octanol–water partition coefficient (Wildman–Crippen LogP) is 4.53. The van der Waals surface area contributed by atoms with Gasteiger partial charge < -0.3 is 16.0 Å². The summed E-state index contributed by atoms with van der Waals surface area (Å²) in [5.74, 6) is 1.61. The zero-order valence-electron chi connectivity index (χ0n) is 21.4. The van der Waals surface area contributed by atoms with Gasteiger partial charge in [-0.2, -0.15) is 10.4 Å². The minimum absolute atomic E-state index is 0.120. The van der Waals surface area contributed by atoms with Crippen LogP contribution in [0.2, 0.25) is 0 Å². The number of nitrogens with zero attached hydrogens (tertiary/aromatic N) is 7. The van der Waals surface area contributed by atoms with Crippen LogP contribution >= 0.6 is 0 Å². The van der Waals surface area contributed by atoms with Crippen LogP contribution in [0.3, 0.4) is 0 Å². The van der Waals surface area contributed by atoms with Gasteiger partial charge in [0.05, 0.1) is 36.5 Å². The average molecular weight is 498 g/mol. The molecule has 9 heteroatoms. The zero-order chi connectivity index (χ0) is 25.6. The van der Waals surface area contributed by atoms with Gasteiger partial charge in [0.1, 0.15) is 5.84 Å². The molecule has 3 N–H and O–H groups in total. The quantitative estimate of drug-likeness (QED) is 0.346. The molecule has 1 saturated heterocycles. The summed E-state index contributed by atoms with van der Waals surface area (Å²) in [6.45, 7) is 2.12. The lowest BCUT2D eigenvalue weighted by Crippen LogP contribution is -2.33. The number of aromatic nitrogens is 4. The number of piperidine rings is 1. The third-order valence-electron chi connectivity index (χ3n) is 7.58. The number of nitrogens with one attached hydrogen (secondary N) is 1. The summed E-state index contributed by atoms with van der Waals surface area (Å²) in [7, 11) is 2.14. The molecular weight excluding hydrogens is 462 g/mol. The van der Waals surface area contributed by atoms with Crippen molar-refractivity contribution in [2.24, 2.45) is 16.6 Å². The lowest BCUT2D eigenvalue weighted by atomic mass is 9.96. The van der Waals surface area contributed by atoms with E-state index < -0.39 is 0 Å². The van der Waals surface area contributed by atoms with E-state index in [2.05, 4.69) is 33.4 Å². The maximum atomic E-state index is 9.35. The highest BCUT2D eigenvalue weighted by atomic mass is 15.3. The molecule has 1 aromatic carbocycles. The number of rotatable bonds is 8. The normalized spacial score (nSPS) is 18.5. The number of aliphatic imine (C=N–C) groups is 1. The highest BCUT2D eigenvalue weighted by molar-refractivity contribution is 5.97. The largest absolute Gasteiger partial charge is 0.383 e. The Morgan fingerprint density at radius 3 is 2.65 bits per heavy atom. The molecule has 2 fully saturated rings. The Bertz CT molecular complexity index is 1240. The number of hydrogen-bond acceptors (Lipinski definition) is 7. The van der Waals surface area contributed by atoms with Crippen LogP contribution < -0.4 is 11.1 Å². The van der Waals surface area contributed by atoms with Gasteiger partial charge in [-0.3, -0.25) is 9.67 Å². The lowest BCUT2D eigenvalue weighted by Gasteiger charge is -2.26. The summed E-state index contributed by atoms with van der Waals surface area (Å²) in [6, 6.07) is 12.5. The van der Waals surface area contributed by atoms with Gasteiger partial charge in [-0.15, -0.1) is 0 Å². The summed E-state index contributed by atoms with van der Waals surface area (Å²) in [6.07, 6.45) is 12.9. The SMILES string of the molecule is CN1CCC(N=C(N)c2ccc(Nc3nccc(-c4cnn(C(CC#N)C5CCCC5)c4)n3)cc2)CC1. The number of likely N-dealkylation sites (tertiary alicyclic amines) is 1. The van der Waals surface area contributed by atoms with Crippen LogP contribution in [0, 0.1) is 17.2 Å². The number of hydrogen-bond donors (Lipinski definition) is 2. The van der Waals surface area contributed by atoms with Crippen molar-refractivity contribution >= 4 is 17.5 Å². The van der Waals surface area contributed by atoms with Crippen LogP contribution in [0.4, 0.5) is 11.6 Å². The van der Waals surface area contributed by atoms with Gasteiger partial charge in [0.15, 0.2) is 0 Å². The van der Waals surface area contributed by atoms with Crippen LogP contribution in [-0.4, -0.2) is 56.7 Å². The Morgan fingerprint density at radius 2 is 1.92 bits per heavy atom. The van der Waals surface area contributed by atoms with E-state index in [9.17, 15) is 5.26 Å². The monoisotopic (exact) mass is 497 g/mol. The van der Waals surface area contributed by atoms with Gasteiger partial charge in [-0.1, -0.05) is 12.8 Å². The molecule has 1 unspecified atom stereocenters. The van der Waals surface area contributed by atoms with E-state index in [4.69, 9.17) is 15.7 Å². The fourth-order valence-corrected chi connectivity index (χ4v) is 5.39. The van der Waals surface area contributed by atoms with Gasteiger partial charge in [-0.05, 0) is 82.1 Å². The van der Waals surface area contributed by atoms with Crippen LogP contribution in [0.25, 0.3) is 11.3 Å². The smallest absolute Gasteiger partial charge is 0.227 e. The molecule has 0 bridgehead atoms. The molecule has 37 heavy (non-hydrogen) atoms. The first-order chi connectivity index (χ1) is 18.1. The van der Waals surface area contributed by atoms with Gasteiger partial charge in [0.2, 0.25) is 5.95 Å². The fourth-order valence-electron chi connectivity index (χ4n) is 5.39. The van der Waals surface area contributed by atoms with Crippen LogP contribution in [0.15, 0.2) is 53.9 Å². The third-order valence-corrected chi connectivity index (χ3v) is 7.58. The van der Waals surface area contributed by atoms with E-state index in [-0.39, 0.29) is 6.04 Å². The van der Waals surface area contributed by atoms with Gasteiger partial charge in [0, 0.05) is 29.2 Å². The molecule has 0 spiro atoms. The van der Waals surface area contributed by atoms with Gasteiger partial charge in [-0.25, -0.2) is 9.97 Å². The predicted molar refractivity (Wildman–Crippen MR) is 145 cm³/mol. The Kier molecular flexibility index (Phi) is 7.76. The Hall–Kier alpha value is -3.77. The average Bonchev–Trinajstić information content (AvgIpc) is 3.62. The summed E-state index contributed by atoms with van der Waals surface area (Å²) in [5.41, 5.74) is 9.79. The maximum absolute atomic E-state index is 9.35. The van der Waals surface area contributed by atoms with Crippen molar-refractivity contribution in [3.05, 3.63) is 54.5 Å². The number of anilines is 2. The molecule has 2 aliphatic rings. The van der Waals surface area contributed by atoms with Gasteiger partial charge in [0.25, 0.3) is 0 Å². The van der Waals surface area contributed by atoms with Crippen molar-refractivity contribution in [3.8, 4) is 17.3 Å². The number of benzene rings is 1. The van der Waals surface area contributed by atoms with Crippen molar-refractivity contribution in [1.82, 2.24) is 24.6 Å². The number of nitriles is 1. The van der Waals surface area contributed by atoms with Crippen LogP contribution in [0.5, 0.6) is 0 Å². The van der Waals surface area contributed by atoms with Crippen molar-refractivity contribution in [2.75, 3.05) is 25.5 Å². The van der Waals surface area contributed by atoms with Crippen molar-refractivity contribution in [2.45, 2.75) is 57.0 Å². The molecule has 3 aromatic rings. The van der Waals surface area contributed by atoms with E-state index in [1.54, 1.807) is 6.20 Å². The molecule has 192 valence electrons. The van der Waals surface area contributed by atoms with Crippen LogP contribution in [0.1, 0.15) is 56.6 Å². The van der Waals surface area contributed by atoms with E-state index in [0.29, 0.717) is 30.2 Å². The fraction of sp³-hybridized carbons (Fsp3) is 0.464. The summed E-state index contributed by atoms with van der Waals surface area (Å²) in [5, 5.41) is 17.2. The Balaban J connectivity index is 1.25. The summed E-state index contributed by atoms with van der Waals surface area (Å²) < 4.78 is 1.96. The Labute approximate surface area is 218 Å². The minimum Gasteiger partial charge on any atom is -0.383 e. The molecule has 5 rings (SSSR count). The summed E-state index contributed by atoms with van der Waals surface area (Å²) in [4.78, 5) is 16.2. The highest BCUT2D eigenvalue weighted by Crippen LogP contribution is 2.36. The third kappa shape index (κ3) is 6.15. The van der Waals surface area contributed by atoms with Crippen molar-refractivity contribution < 1.29 is 0 Å². The van der Waals surface area contributed by atoms with E-state index in [1.165, 1.54) is 12.8 Å². The van der Waals surface area contributed by atoms with E-state index in [0.717, 1.165) is 61.3 Å². The second kappa shape index (κ2) is 11.5. The first kappa shape index (κ1) is 24.9. The molecule has 0 radical (unpaired) electrons. The molecule has 9 nitrogen and oxygen atoms in total. The Morgan fingerprint density at radius 1 is 1.16 bits per heavy atom. The molecule has 1 atom stereocenters. The first-order valence-corrected chi connectivity index (χ1v) is 13.2. The van der Waals surface area contributed by atoms with Crippen molar-refractivity contribution in [3.63, 3.8) is 0 Å². The molecule has 1 aliphatic heterocycles. The highest BCUT2D eigenvalue weighted by Gasteiger charge is 2.27. The zero-order valence-corrected chi connectivity index (χ0v) is 21.4. The second-order valence-corrected chi connectivity index (χ2v) is 10.2. The topological polar surface area (TPSA) is 121 Å². The van der Waals surface area contributed by atoms with E-state index >= 15 is 0 Å². The van der Waals surface area contributed by atoms with Gasteiger partial charge >= 0.3 is 0 Å².